The van der Waals surface area contributed by atoms with E-state index in [1.807, 2.05) is 18.2 Å². The molecule has 1 amide bonds. The molecule has 11 nitrogen and oxygen atoms in total. The molecule has 0 unspecified atom stereocenters. The second-order valence-corrected chi connectivity index (χ2v) is 8.67. The van der Waals surface area contributed by atoms with Crippen LogP contribution >= 0.6 is 11.8 Å². The van der Waals surface area contributed by atoms with Gasteiger partial charge >= 0.3 is 6.09 Å². The summed E-state index contributed by atoms with van der Waals surface area (Å²) in [6.07, 6.45) is 0.130. The van der Waals surface area contributed by atoms with Crippen molar-refractivity contribution in [3.05, 3.63) is 35.9 Å². The Morgan fingerprint density at radius 1 is 1.24 bits per heavy atom. The number of amides is 1. The summed E-state index contributed by atoms with van der Waals surface area (Å²) in [6.45, 7) is 2.83. The zero-order valence-corrected chi connectivity index (χ0v) is 19.1. The topological polar surface area (TPSA) is 172 Å². The molecule has 33 heavy (non-hydrogen) atoms. The van der Waals surface area contributed by atoms with E-state index in [4.69, 9.17) is 9.90 Å². The Morgan fingerprint density at radius 2 is 1.97 bits per heavy atom. The molecule has 178 valence electrons. The number of hydrogen-bond acceptors (Lipinski definition) is 9. The molecule has 2 aromatic heterocycles. The zero-order chi connectivity index (χ0) is 23.8. The number of aliphatic hydroxyl groups is 2. The summed E-state index contributed by atoms with van der Waals surface area (Å²) in [4.78, 5) is 18.1. The standard InChI is InChI=1S/C20H26N6O2S.CH3NO2/c1-2-12-29-20-22-18(21-11-10-13-6-4-3-5-7-13)16-19(23-20)26(25-24-16)14-8-9-15(27)17(14)28;2-1(3)4/h3-7,14-15,17,27-28H,2,8-12H2,1H3,(H,21,22,23);2H2,(H,3,4)/t14-,15-,17+;/m1./s1. The molecule has 6 N–H and O–H groups in total. The van der Waals surface area contributed by atoms with Gasteiger partial charge in [-0.1, -0.05) is 54.2 Å². The number of hydrogen-bond donors (Lipinski definition) is 5. The van der Waals surface area contributed by atoms with E-state index in [0.717, 1.165) is 18.6 Å². The van der Waals surface area contributed by atoms with Gasteiger partial charge in [-0.05, 0) is 31.2 Å². The van der Waals surface area contributed by atoms with Crippen LogP contribution in [0.1, 0.15) is 37.8 Å². The number of thioether (sulfide) groups is 1. The summed E-state index contributed by atoms with van der Waals surface area (Å²) in [5.41, 5.74) is 6.46. The SMILES string of the molecule is CCCSc1nc(NCCc2ccccc2)c2nnn([C@@H]3CC[C@@H](O)[C@H]3O)c2n1.NC(=O)O. The molecule has 3 aromatic rings. The highest BCUT2D eigenvalue weighted by Gasteiger charge is 2.37. The van der Waals surface area contributed by atoms with E-state index >= 15 is 0 Å². The number of carbonyl (C=O) groups is 1. The summed E-state index contributed by atoms with van der Waals surface area (Å²) >= 11 is 1.59. The lowest BCUT2D eigenvalue weighted by molar-refractivity contribution is 0.0215. The van der Waals surface area contributed by atoms with Crippen molar-refractivity contribution in [3.8, 4) is 0 Å². The Bertz CT molecular complexity index is 1050. The molecule has 2 heterocycles. The maximum absolute atomic E-state index is 10.3. The lowest BCUT2D eigenvalue weighted by atomic mass is 10.1. The van der Waals surface area contributed by atoms with Crippen molar-refractivity contribution in [1.82, 2.24) is 25.0 Å². The van der Waals surface area contributed by atoms with Gasteiger partial charge in [0.2, 0.25) is 0 Å². The number of nitrogens with zero attached hydrogens (tertiary/aromatic N) is 5. The number of carboxylic acid groups (broad SMARTS) is 1. The average Bonchev–Trinajstić information content (AvgIpc) is 3.35. The zero-order valence-electron chi connectivity index (χ0n) is 18.3. The molecule has 3 atom stereocenters. The van der Waals surface area contributed by atoms with Gasteiger partial charge in [-0.3, -0.25) is 0 Å². The van der Waals surface area contributed by atoms with Gasteiger partial charge in [-0.2, -0.15) is 0 Å². The first kappa shape index (κ1) is 24.7. The number of nitrogens with one attached hydrogen (secondary N) is 1. The second-order valence-electron chi connectivity index (χ2n) is 7.61. The van der Waals surface area contributed by atoms with E-state index < -0.39 is 18.3 Å². The highest BCUT2D eigenvalue weighted by molar-refractivity contribution is 7.99. The summed E-state index contributed by atoms with van der Waals surface area (Å²) in [5, 5.41) is 40.1. The van der Waals surface area contributed by atoms with E-state index in [1.54, 1.807) is 16.4 Å². The van der Waals surface area contributed by atoms with Crippen LogP contribution in [0.15, 0.2) is 35.5 Å². The number of benzene rings is 1. The quantitative estimate of drug-likeness (QED) is 0.240. The molecule has 1 saturated carbocycles. The fourth-order valence-electron chi connectivity index (χ4n) is 3.59. The summed E-state index contributed by atoms with van der Waals surface area (Å²) in [7, 11) is 0. The Labute approximate surface area is 195 Å². The van der Waals surface area contributed by atoms with Gasteiger partial charge in [-0.15, -0.1) is 5.10 Å². The smallest absolute Gasteiger partial charge is 0.402 e. The molecule has 12 heteroatoms. The maximum atomic E-state index is 10.3. The van der Waals surface area contributed by atoms with E-state index in [2.05, 4.69) is 50.4 Å². The van der Waals surface area contributed by atoms with Crippen molar-refractivity contribution in [2.75, 3.05) is 17.6 Å². The summed E-state index contributed by atoms with van der Waals surface area (Å²) in [6, 6.07) is 9.95. The molecular formula is C21H29N7O4S. The van der Waals surface area contributed by atoms with Gasteiger partial charge in [0.1, 0.15) is 6.10 Å². The van der Waals surface area contributed by atoms with E-state index in [0.29, 0.717) is 41.5 Å². The van der Waals surface area contributed by atoms with Crippen molar-refractivity contribution in [2.45, 2.75) is 56.0 Å². The van der Waals surface area contributed by atoms with Crippen molar-refractivity contribution >= 4 is 34.8 Å². The first-order valence-electron chi connectivity index (χ1n) is 10.8. The lowest BCUT2D eigenvalue weighted by Gasteiger charge is -2.16. The van der Waals surface area contributed by atoms with E-state index in [-0.39, 0.29) is 6.04 Å². The normalized spacial score (nSPS) is 19.8. The minimum absolute atomic E-state index is 0.328. The number of rotatable bonds is 8. The Balaban J connectivity index is 0.000000709. The second kappa shape index (κ2) is 11.8. The van der Waals surface area contributed by atoms with Gasteiger partial charge in [-0.25, -0.2) is 19.4 Å². The molecule has 0 aliphatic heterocycles. The van der Waals surface area contributed by atoms with E-state index in [9.17, 15) is 10.2 Å². The van der Waals surface area contributed by atoms with Crippen LogP contribution in [0.2, 0.25) is 0 Å². The number of primary amides is 1. The predicted octanol–water partition coefficient (Wildman–Crippen LogP) is 2.06. The molecular weight excluding hydrogens is 446 g/mol. The predicted molar refractivity (Wildman–Crippen MR) is 125 cm³/mol. The van der Waals surface area contributed by atoms with Crippen LogP contribution in [0.3, 0.4) is 0 Å². The number of anilines is 1. The minimum atomic E-state index is -1.33. The molecule has 0 bridgehead atoms. The van der Waals surface area contributed by atoms with Gasteiger partial charge in [0, 0.05) is 12.3 Å². The van der Waals surface area contributed by atoms with Gasteiger partial charge in [0.05, 0.1) is 12.1 Å². The van der Waals surface area contributed by atoms with Crippen LogP contribution in [-0.4, -0.2) is 70.9 Å². The molecule has 1 aliphatic carbocycles. The van der Waals surface area contributed by atoms with Gasteiger partial charge in [0.25, 0.3) is 0 Å². The van der Waals surface area contributed by atoms with Gasteiger partial charge in [0.15, 0.2) is 22.1 Å². The fraction of sp³-hybridized carbons (Fsp3) is 0.476. The number of aliphatic hydroxyl groups excluding tert-OH is 2. The molecule has 4 rings (SSSR count). The lowest BCUT2D eigenvalue weighted by Crippen LogP contribution is -2.28. The molecule has 1 aliphatic rings. The molecule has 0 spiro atoms. The monoisotopic (exact) mass is 475 g/mol. The van der Waals surface area contributed by atoms with Crippen molar-refractivity contribution < 1.29 is 20.1 Å². The molecule has 0 radical (unpaired) electrons. The summed E-state index contributed by atoms with van der Waals surface area (Å²) in [5.74, 6) is 1.57. The molecule has 1 fully saturated rings. The highest BCUT2D eigenvalue weighted by atomic mass is 32.2. The fourth-order valence-corrected chi connectivity index (χ4v) is 4.28. The number of nitrogens with two attached hydrogens (primary N) is 1. The van der Waals surface area contributed by atoms with Crippen LogP contribution < -0.4 is 11.1 Å². The van der Waals surface area contributed by atoms with Crippen LogP contribution in [0.4, 0.5) is 10.6 Å². The third-order valence-electron chi connectivity index (χ3n) is 5.15. The van der Waals surface area contributed by atoms with Crippen LogP contribution in [-0.2, 0) is 6.42 Å². The first-order chi connectivity index (χ1) is 15.9. The Morgan fingerprint density at radius 3 is 2.61 bits per heavy atom. The number of fused-ring (bicyclic) bond motifs is 1. The van der Waals surface area contributed by atoms with E-state index in [1.165, 1.54) is 5.56 Å². The Kier molecular flexibility index (Phi) is 8.80. The van der Waals surface area contributed by atoms with Crippen LogP contribution in [0.5, 0.6) is 0 Å². The summed E-state index contributed by atoms with van der Waals surface area (Å²) < 4.78 is 1.65. The van der Waals surface area contributed by atoms with Crippen molar-refractivity contribution in [1.29, 1.82) is 0 Å². The number of aromatic nitrogens is 5. The third-order valence-corrected chi connectivity index (χ3v) is 6.20. The van der Waals surface area contributed by atoms with Gasteiger partial charge < -0.3 is 26.4 Å². The van der Waals surface area contributed by atoms with Crippen molar-refractivity contribution in [3.63, 3.8) is 0 Å². The van der Waals surface area contributed by atoms with Crippen LogP contribution in [0, 0.1) is 0 Å². The average molecular weight is 476 g/mol. The highest BCUT2D eigenvalue weighted by Crippen LogP contribution is 2.33. The van der Waals surface area contributed by atoms with Crippen LogP contribution in [0.25, 0.3) is 11.2 Å². The first-order valence-corrected chi connectivity index (χ1v) is 11.8. The largest absolute Gasteiger partial charge is 0.465 e. The third kappa shape index (κ3) is 6.53. The molecule has 1 aromatic carbocycles. The maximum Gasteiger partial charge on any atom is 0.402 e. The van der Waals surface area contributed by atoms with Crippen molar-refractivity contribution in [2.24, 2.45) is 5.73 Å². The minimum Gasteiger partial charge on any atom is -0.465 e. The molecule has 0 saturated heterocycles. The Hall–Kier alpha value is -2.96.